The molecule has 4 N–H and O–H groups in total. The molecule has 19 heteroatoms. The largest absolute Gasteiger partial charge is 2.00 e. The number of carbonyl (C=O) groups is 6. The summed E-state index contributed by atoms with van der Waals surface area (Å²) in [7, 11) is 11.5. The maximum Gasteiger partial charge on any atom is 2.00 e. The molecule has 6 atom stereocenters. The average molecular weight is 764 g/mol. The van der Waals surface area contributed by atoms with E-state index >= 15 is 0 Å². The van der Waals surface area contributed by atoms with Crippen molar-refractivity contribution >= 4 is 35.8 Å². The number of hydrogen-bond acceptors (Lipinski definition) is 16. The van der Waals surface area contributed by atoms with E-state index in [1.54, 1.807) is 0 Å². The minimum absolute atomic E-state index is 0. The van der Waals surface area contributed by atoms with Gasteiger partial charge in [-0.3, -0.25) is 9.59 Å². The van der Waals surface area contributed by atoms with E-state index in [1.165, 1.54) is 0 Å². The van der Waals surface area contributed by atoms with Gasteiger partial charge in [-0.05, 0) is 11.8 Å². The number of nitrogens with zero attached hydrogens (tertiary/aromatic N) is 2. The maximum atomic E-state index is 11.5. The van der Waals surface area contributed by atoms with Crippen molar-refractivity contribution in [2.75, 3.05) is 55.4 Å². The van der Waals surface area contributed by atoms with E-state index in [9.17, 15) is 49.2 Å². The average Bonchev–Trinajstić information content (AvgIpc) is 2.83. The van der Waals surface area contributed by atoms with Crippen molar-refractivity contribution in [3.8, 4) is 0 Å². The first-order valence-corrected chi connectivity index (χ1v) is 15.0. The maximum absolute atomic E-state index is 11.5. The molecule has 0 rings (SSSR count). The number of quaternary nitrogens is 2. The number of esters is 2. The van der Waals surface area contributed by atoms with Gasteiger partial charge in [0, 0.05) is 37.6 Å². The Kier molecular flexibility index (Phi) is 27.3. The number of rotatable bonds is 19. The van der Waals surface area contributed by atoms with Crippen molar-refractivity contribution in [1.82, 2.24) is 0 Å². The molecule has 0 aliphatic rings. The Bertz CT molecular complexity index is 946. The molecule has 0 aromatic rings. The molecule has 0 aliphatic carbocycles. The second kappa shape index (κ2) is 25.2. The van der Waals surface area contributed by atoms with Gasteiger partial charge in [-0.1, -0.05) is 27.7 Å². The first kappa shape index (κ1) is 53.0. The Hall–Kier alpha value is -2.80. The van der Waals surface area contributed by atoms with E-state index in [-0.39, 0.29) is 56.1 Å². The van der Waals surface area contributed by atoms with Crippen LogP contribution in [-0.4, -0.2) is 157 Å². The molecule has 0 saturated heterocycles. The van der Waals surface area contributed by atoms with Crippen molar-refractivity contribution in [2.45, 2.75) is 90.0 Å². The van der Waals surface area contributed by atoms with Crippen LogP contribution in [0.1, 0.15) is 53.4 Å². The van der Waals surface area contributed by atoms with Gasteiger partial charge in [0.2, 0.25) is 0 Å². The van der Waals surface area contributed by atoms with E-state index < -0.39 is 60.5 Å². The van der Waals surface area contributed by atoms with Crippen LogP contribution in [0.25, 0.3) is 0 Å². The molecule has 0 aliphatic heterocycles. The molecule has 0 amide bonds. The molecule has 282 valence electrons. The van der Waals surface area contributed by atoms with E-state index in [0.29, 0.717) is 34.9 Å². The van der Waals surface area contributed by atoms with Crippen molar-refractivity contribution in [2.24, 2.45) is 11.8 Å². The quantitative estimate of drug-likeness (QED) is 0.0540. The van der Waals surface area contributed by atoms with Crippen LogP contribution >= 0.6 is 0 Å². The normalized spacial score (nSPS) is 14.9. The van der Waals surface area contributed by atoms with Gasteiger partial charge in [-0.15, -0.1) is 0 Å². The number of carboxylic acid groups (broad SMARTS) is 4. The van der Waals surface area contributed by atoms with Crippen LogP contribution in [0, 0.1) is 11.8 Å². The number of likely N-dealkylation sites (N-methyl/N-ethyl adjacent to an activating group) is 2. The third kappa shape index (κ3) is 32.2. The molecule has 49 heavy (non-hydrogen) atoms. The van der Waals surface area contributed by atoms with Crippen LogP contribution in [-0.2, 0) is 57.7 Å². The summed E-state index contributed by atoms with van der Waals surface area (Å²) in [6, 6.07) is 0. The predicted molar refractivity (Wildman–Crippen MR) is 158 cm³/mol. The summed E-state index contributed by atoms with van der Waals surface area (Å²) in [5.41, 5.74) is 0. The Morgan fingerprint density at radius 2 is 0.776 bits per heavy atom. The summed E-state index contributed by atoms with van der Waals surface area (Å²) in [6.45, 7) is 8.56. The number of ether oxygens (including phenoxy) is 2. The van der Waals surface area contributed by atoms with Crippen molar-refractivity contribution in [3.05, 3.63) is 0 Å². The molecule has 0 saturated carbocycles. The Balaban J connectivity index is -0.000000309. The van der Waals surface area contributed by atoms with Crippen LogP contribution < -0.4 is 20.4 Å². The van der Waals surface area contributed by atoms with Crippen LogP contribution in [0.2, 0.25) is 0 Å². The standard InChI is InChI=1S/2C12H23NO4.C6H10O8.Zn/c2*1-9(2)6-12(16)17-10(7-11(14)15)8-13(3,4)5;7-1(3(9)5(11)12)2(8)4(10)6(13)14;/h2*9-10H,6-8H2,1-5H3;1-4,7-10H,(H,11,12)(H,13,14);/q;;;+2/p-2/t2*10-;1-,2+,3+,4-;/m11../s1. The first-order chi connectivity index (χ1) is 21.5. The number of carbonyl (C=O) groups excluding carboxylic acids is 6. The Morgan fingerprint density at radius 1 is 0.531 bits per heavy atom. The molecule has 18 nitrogen and oxygen atoms in total. The van der Waals surface area contributed by atoms with Crippen LogP contribution in [0.3, 0.4) is 0 Å². The van der Waals surface area contributed by atoms with Gasteiger partial charge >= 0.3 is 31.4 Å². The van der Waals surface area contributed by atoms with E-state index in [0.717, 1.165) is 0 Å². The monoisotopic (exact) mass is 762 g/mol. The second-order valence-electron chi connectivity index (χ2n) is 14.0. The smallest absolute Gasteiger partial charge is 0.550 e. The van der Waals surface area contributed by atoms with Crippen molar-refractivity contribution in [3.63, 3.8) is 0 Å². The minimum atomic E-state index is -2.50. The third-order valence-corrected chi connectivity index (χ3v) is 5.52. The van der Waals surface area contributed by atoms with Gasteiger partial charge in [0.05, 0.1) is 54.2 Å². The molecule has 0 unspecified atom stereocenters. The number of aliphatic carboxylic acids is 4. The fraction of sp³-hybridized carbons (Fsp3) is 0.800. The summed E-state index contributed by atoms with van der Waals surface area (Å²) in [5.74, 6) is -6.89. The molecule has 0 radical (unpaired) electrons. The summed E-state index contributed by atoms with van der Waals surface area (Å²) in [6.07, 6.45) is -10.9. The number of hydrogen-bond donors (Lipinski definition) is 4. The van der Waals surface area contributed by atoms with Crippen LogP contribution in [0.4, 0.5) is 0 Å². The summed E-state index contributed by atoms with van der Waals surface area (Å²) in [5, 5.41) is 75.9. The zero-order valence-electron chi connectivity index (χ0n) is 30.2. The van der Waals surface area contributed by atoms with E-state index in [4.69, 9.17) is 29.9 Å². The Labute approximate surface area is 300 Å². The van der Waals surface area contributed by atoms with Crippen molar-refractivity contribution in [1.29, 1.82) is 0 Å². The second-order valence-corrected chi connectivity index (χ2v) is 14.0. The topological polar surface area (TPSA) is 294 Å². The molecule has 0 aromatic carbocycles. The molecule has 0 spiro atoms. The van der Waals surface area contributed by atoms with Gasteiger partial charge in [-0.25, -0.2) is 0 Å². The fourth-order valence-corrected chi connectivity index (χ4v) is 3.67. The SMILES string of the molecule is CC(C)CC(=O)O[C@H](CC(=O)[O-])C[N+](C)(C)C.CC(C)CC(=O)O[C@H](CC(=O)[O-])C[N+](C)(C)C.O=C([O-])[C@@H](O)[C@H](O)[C@H](O)[C@@H](O)C(=O)[O-].[Zn+2]. The van der Waals surface area contributed by atoms with E-state index in [1.807, 2.05) is 70.0 Å². The molecular weight excluding hydrogens is 710 g/mol. The molecule has 0 heterocycles. The predicted octanol–water partition coefficient (Wildman–Crippen LogP) is -6.49. The fourth-order valence-electron chi connectivity index (χ4n) is 3.67. The number of aliphatic hydroxyl groups excluding tert-OH is 4. The van der Waals surface area contributed by atoms with Crippen LogP contribution in [0.15, 0.2) is 0 Å². The Morgan fingerprint density at radius 3 is 0.939 bits per heavy atom. The molecule has 0 aromatic heterocycles. The zero-order valence-corrected chi connectivity index (χ0v) is 33.1. The van der Waals surface area contributed by atoms with Gasteiger partial charge in [0.1, 0.15) is 37.5 Å². The van der Waals surface area contributed by atoms with Gasteiger partial charge in [-0.2, -0.15) is 0 Å². The summed E-state index contributed by atoms with van der Waals surface area (Å²) < 4.78 is 11.4. The third-order valence-electron chi connectivity index (χ3n) is 5.52. The summed E-state index contributed by atoms with van der Waals surface area (Å²) >= 11 is 0. The molecule has 0 bridgehead atoms. The molecular formula is C30H54N2O16Zn. The number of carboxylic acids is 4. The number of aliphatic hydroxyl groups is 4. The minimum Gasteiger partial charge on any atom is -0.550 e. The first-order valence-electron chi connectivity index (χ1n) is 15.0. The van der Waals surface area contributed by atoms with Gasteiger partial charge in [0.25, 0.3) is 0 Å². The molecule has 0 fully saturated rings. The zero-order chi connectivity index (χ0) is 38.7. The van der Waals surface area contributed by atoms with E-state index in [2.05, 4.69) is 0 Å². The summed E-state index contributed by atoms with van der Waals surface area (Å²) in [4.78, 5) is 64.1. The van der Waals surface area contributed by atoms with Gasteiger partial charge < -0.3 is 78.5 Å². The van der Waals surface area contributed by atoms with Crippen molar-refractivity contribution < 1.29 is 108 Å². The van der Waals surface area contributed by atoms with Crippen LogP contribution in [0.5, 0.6) is 0 Å². The van der Waals surface area contributed by atoms with Gasteiger partial charge in [0.15, 0.2) is 12.2 Å².